The van der Waals surface area contributed by atoms with Gasteiger partial charge in [-0.3, -0.25) is 0 Å². The van der Waals surface area contributed by atoms with Gasteiger partial charge in [-0.2, -0.15) is 0 Å². The molecule has 0 bridgehead atoms. The highest BCUT2D eigenvalue weighted by atomic mass is 79.9. The molecule has 0 heterocycles. The molecule has 4 heteroatoms. The Kier molecular flexibility index (Phi) is 6.06. The molecule has 96 valence electrons. The van der Waals surface area contributed by atoms with Crippen LogP contribution in [0.4, 0.5) is 8.78 Å². The SMILES string of the molecule is CCNCCC(C)Cc1c(F)ccc(Br)c1F. The molecule has 0 saturated heterocycles. The maximum absolute atomic E-state index is 13.7. The van der Waals surface area contributed by atoms with Crippen LogP contribution in [0.3, 0.4) is 0 Å². The van der Waals surface area contributed by atoms with Crippen LogP contribution in [0, 0.1) is 17.6 Å². The number of benzene rings is 1. The van der Waals surface area contributed by atoms with Gasteiger partial charge in [0.1, 0.15) is 11.6 Å². The fourth-order valence-corrected chi connectivity index (χ4v) is 2.10. The number of halogens is 3. The van der Waals surface area contributed by atoms with Crippen molar-refractivity contribution in [1.82, 2.24) is 5.32 Å². The summed E-state index contributed by atoms with van der Waals surface area (Å²) in [6.07, 6.45) is 1.35. The third-order valence-electron chi connectivity index (χ3n) is 2.76. The lowest BCUT2D eigenvalue weighted by Gasteiger charge is -2.13. The van der Waals surface area contributed by atoms with Crippen LogP contribution in [-0.4, -0.2) is 13.1 Å². The van der Waals surface area contributed by atoms with Gasteiger partial charge in [0, 0.05) is 5.56 Å². The first-order chi connectivity index (χ1) is 8.06. The van der Waals surface area contributed by atoms with E-state index >= 15 is 0 Å². The molecule has 1 aromatic carbocycles. The average molecular weight is 306 g/mol. The molecule has 0 saturated carbocycles. The van der Waals surface area contributed by atoms with E-state index in [9.17, 15) is 8.78 Å². The van der Waals surface area contributed by atoms with Gasteiger partial charge in [-0.15, -0.1) is 0 Å². The van der Waals surface area contributed by atoms with Crippen LogP contribution in [0.15, 0.2) is 16.6 Å². The molecule has 0 aliphatic heterocycles. The maximum atomic E-state index is 13.7. The Morgan fingerprint density at radius 2 is 2.06 bits per heavy atom. The highest BCUT2D eigenvalue weighted by molar-refractivity contribution is 9.10. The molecular weight excluding hydrogens is 288 g/mol. The van der Waals surface area contributed by atoms with Gasteiger partial charge in [0.05, 0.1) is 4.47 Å². The quantitative estimate of drug-likeness (QED) is 0.621. The molecule has 0 amide bonds. The summed E-state index contributed by atoms with van der Waals surface area (Å²) in [5.74, 6) is -0.673. The van der Waals surface area contributed by atoms with E-state index in [-0.39, 0.29) is 11.5 Å². The standard InChI is InChI=1S/C13H18BrF2N/c1-3-17-7-6-9(2)8-10-12(15)5-4-11(14)13(10)16/h4-5,9,17H,3,6-8H2,1-2H3. The Morgan fingerprint density at radius 1 is 1.35 bits per heavy atom. The first kappa shape index (κ1) is 14.6. The molecule has 1 atom stereocenters. The van der Waals surface area contributed by atoms with Crippen LogP contribution in [0.25, 0.3) is 0 Å². The minimum atomic E-state index is -0.472. The first-order valence-corrected chi connectivity index (χ1v) is 6.68. The zero-order valence-electron chi connectivity index (χ0n) is 10.2. The predicted molar refractivity (Wildman–Crippen MR) is 70.1 cm³/mol. The molecule has 0 aliphatic carbocycles. The van der Waals surface area contributed by atoms with Crippen molar-refractivity contribution in [3.63, 3.8) is 0 Å². The Hall–Kier alpha value is -0.480. The van der Waals surface area contributed by atoms with Crippen LogP contribution in [-0.2, 0) is 6.42 Å². The van der Waals surface area contributed by atoms with Gasteiger partial charge in [-0.05, 0) is 59.9 Å². The summed E-state index contributed by atoms with van der Waals surface area (Å²) in [4.78, 5) is 0. The van der Waals surface area contributed by atoms with Crippen LogP contribution in [0.5, 0.6) is 0 Å². The summed E-state index contributed by atoms with van der Waals surface area (Å²) in [6.45, 7) is 5.86. The molecule has 0 radical (unpaired) electrons. The molecule has 0 fully saturated rings. The fourth-order valence-electron chi connectivity index (χ4n) is 1.73. The van der Waals surface area contributed by atoms with Crippen molar-refractivity contribution < 1.29 is 8.78 Å². The zero-order chi connectivity index (χ0) is 12.8. The second kappa shape index (κ2) is 7.07. The molecular formula is C13H18BrF2N. The van der Waals surface area contributed by atoms with E-state index in [1.165, 1.54) is 12.1 Å². The van der Waals surface area contributed by atoms with Crippen LogP contribution in [0.2, 0.25) is 0 Å². The Labute approximate surface area is 110 Å². The largest absolute Gasteiger partial charge is 0.317 e. The molecule has 1 nitrogen and oxygen atoms in total. The number of hydrogen-bond acceptors (Lipinski definition) is 1. The molecule has 0 aliphatic rings. The van der Waals surface area contributed by atoms with Gasteiger partial charge in [-0.1, -0.05) is 13.8 Å². The average Bonchev–Trinajstić information content (AvgIpc) is 2.30. The summed E-state index contributed by atoms with van der Waals surface area (Å²) in [5, 5.41) is 3.21. The van der Waals surface area contributed by atoms with Crippen molar-refractivity contribution in [3.05, 3.63) is 33.8 Å². The Balaban J connectivity index is 2.64. The maximum Gasteiger partial charge on any atom is 0.143 e. The molecule has 17 heavy (non-hydrogen) atoms. The number of rotatable bonds is 6. The smallest absolute Gasteiger partial charge is 0.143 e. The van der Waals surface area contributed by atoms with Crippen molar-refractivity contribution in [1.29, 1.82) is 0 Å². The van der Waals surface area contributed by atoms with E-state index in [0.717, 1.165) is 19.5 Å². The summed E-state index contributed by atoms with van der Waals surface area (Å²) in [7, 11) is 0. The van der Waals surface area contributed by atoms with Gasteiger partial charge in [0.2, 0.25) is 0 Å². The highest BCUT2D eigenvalue weighted by Gasteiger charge is 2.15. The molecule has 0 spiro atoms. The summed E-state index contributed by atoms with van der Waals surface area (Å²) >= 11 is 3.08. The summed E-state index contributed by atoms with van der Waals surface area (Å²) in [6, 6.07) is 2.71. The topological polar surface area (TPSA) is 12.0 Å². The Bertz CT molecular complexity index is 369. The fraction of sp³-hybridized carbons (Fsp3) is 0.538. The van der Waals surface area contributed by atoms with E-state index in [1.807, 2.05) is 13.8 Å². The van der Waals surface area contributed by atoms with Crippen LogP contribution >= 0.6 is 15.9 Å². The summed E-state index contributed by atoms with van der Waals surface area (Å²) < 4.78 is 27.5. The lowest BCUT2D eigenvalue weighted by atomic mass is 9.97. The van der Waals surface area contributed by atoms with Crippen molar-refractivity contribution in [2.45, 2.75) is 26.7 Å². The molecule has 1 unspecified atom stereocenters. The van der Waals surface area contributed by atoms with Gasteiger partial charge in [0.15, 0.2) is 0 Å². The molecule has 1 aromatic rings. The van der Waals surface area contributed by atoms with Crippen molar-refractivity contribution in [3.8, 4) is 0 Å². The minimum absolute atomic E-state index is 0.184. The van der Waals surface area contributed by atoms with Crippen molar-refractivity contribution >= 4 is 15.9 Å². The van der Waals surface area contributed by atoms with Crippen molar-refractivity contribution in [2.75, 3.05) is 13.1 Å². The van der Waals surface area contributed by atoms with E-state index in [0.29, 0.717) is 10.9 Å². The second-order valence-corrected chi connectivity index (χ2v) is 5.13. The lowest BCUT2D eigenvalue weighted by molar-refractivity contribution is 0.470. The molecule has 1 N–H and O–H groups in total. The monoisotopic (exact) mass is 305 g/mol. The zero-order valence-corrected chi connectivity index (χ0v) is 11.8. The van der Waals surface area contributed by atoms with Crippen LogP contribution < -0.4 is 5.32 Å². The van der Waals surface area contributed by atoms with Crippen LogP contribution in [0.1, 0.15) is 25.8 Å². The molecule has 1 rings (SSSR count). The third kappa shape index (κ3) is 4.36. The Morgan fingerprint density at radius 3 is 2.71 bits per heavy atom. The summed E-state index contributed by atoms with van der Waals surface area (Å²) in [5.41, 5.74) is 0.184. The normalized spacial score (nSPS) is 12.8. The van der Waals surface area contributed by atoms with E-state index in [4.69, 9.17) is 0 Å². The van der Waals surface area contributed by atoms with E-state index < -0.39 is 11.6 Å². The van der Waals surface area contributed by atoms with Gasteiger partial charge >= 0.3 is 0 Å². The first-order valence-electron chi connectivity index (χ1n) is 5.89. The minimum Gasteiger partial charge on any atom is -0.317 e. The number of hydrogen-bond donors (Lipinski definition) is 1. The van der Waals surface area contributed by atoms with E-state index in [1.54, 1.807) is 0 Å². The lowest BCUT2D eigenvalue weighted by Crippen LogP contribution is -2.17. The third-order valence-corrected chi connectivity index (χ3v) is 3.37. The second-order valence-electron chi connectivity index (χ2n) is 4.27. The van der Waals surface area contributed by atoms with Crippen molar-refractivity contribution in [2.24, 2.45) is 5.92 Å². The number of nitrogens with one attached hydrogen (secondary N) is 1. The van der Waals surface area contributed by atoms with Gasteiger partial charge in [-0.25, -0.2) is 8.78 Å². The van der Waals surface area contributed by atoms with Gasteiger partial charge in [0.25, 0.3) is 0 Å². The predicted octanol–water partition coefficient (Wildman–Crippen LogP) is 3.91. The van der Waals surface area contributed by atoms with Gasteiger partial charge < -0.3 is 5.32 Å². The van der Waals surface area contributed by atoms with E-state index in [2.05, 4.69) is 21.2 Å². The highest BCUT2D eigenvalue weighted by Crippen LogP contribution is 2.24. The molecule has 0 aromatic heterocycles.